The number of carbonyl (C=O) groups is 1. The number of alkyl halides is 2. The van der Waals surface area contributed by atoms with Crippen molar-refractivity contribution >= 4 is 11.6 Å². The Morgan fingerprint density at radius 3 is 2.45 bits per heavy atom. The van der Waals surface area contributed by atoms with Gasteiger partial charge in [-0.3, -0.25) is 4.79 Å². The number of allylic oxidation sites excluding steroid dienone is 1. The maximum atomic E-state index is 13.2. The Morgan fingerprint density at radius 1 is 1.08 bits per heavy atom. The first-order chi connectivity index (χ1) is 18.4. The van der Waals surface area contributed by atoms with Gasteiger partial charge in [-0.2, -0.15) is 13.8 Å². The van der Waals surface area contributed by atoms with Crippen LogP contribution < -0.4 is 4.90 Å². The fourth-order valence-electron chi connectivity index (χ4n) is 3.86. The lowest BCUT2D eigenvalue weighted by molar-refractivity contribution is -0.118. The van der Waals surface area contributed by atoms with Crippen LogP contribution >= 0.6 is 0 Å². The van der Waals surface area contributed by atoms with Crippen LogP contribution in [0.1, 0.15) is 74.8 Å². The molecule has 0 N–H and O–H groups in total. The van der Waals surface area contributed by atoms with E-state index in [1.807, 2.05) is 24.3 Å². The zero-order chi connectivity index (χ0) is 27.5. The number of nitrogens with zero attached hydrogens (tertiary/aromatic N) is 5. The van der Waals surface area contributed by atoms with E-state index in [1.165, 1.54) is 0 Å². The molecule has 10 heteroatoms. The van der Waals surface area contributed by atoms with Crippen molar-refractivity contribution in [1.82, 2.24) is 20.1 Å². The quantitative estimate of drug-likeness (QED) is 0.173. The summed E-state index contributed by atoms with van der Waals surface area (Å²) in [5, 5.41) is 3.56. The molecule has 0 unspecified atom stereocenters. The van der Waals surface area contributed by atoms with Crippen molar-refractivity contribution in [3.63, 3.8) is 0 Å². The van der Waals surface area contributed by atoms with E-state index in [2.05, 4.69) is 44.4 Å². The Bertz CT molecular complexity index is 1200. The van der Waals surface area contributed by atoms with Gasteiger partial charge in [0.15, 0.2) is 5.82 Å². The molecule has 3 aromatic rings. The van der Waals surface area contributed by atoms with Crippen molar-refractivity contribution in [2.75, 3.05) is 11.4 Å². The first kappa shape index (κ1) is 28.7. The third kappa shape index (κ3) is 8.36. The predicted molar refractivity (Wildman–Crippen MR) is 139 cm³/mol. The number of unbranched alkanes of at least 4 members (excludes halogenated alkanes) is 2. The summed E-state index contributed by atoms with van der Waals surface area (Å²) in [6, 6.07) is 7.55. The highest BCUT2D eigenvalue weighted by atomic mass is 19.3. The number of anilines is 1. The Balaban J connectivity index is 0.00000195. The second-order valence-corrected chi connectivity index (χ2v) is 8.88. The van der Waals surface area contributed by atoms with Crippen molar-refractivity contribution in [2.45, 2.75) is 63.7 Å². The maximum absolute atomic E-state index is 13.2. The van der Waals surface area contributed by atoms with Gasteiger partial charge in [0.2, 0.25) is 5.91 Å². The van der Waals surface area contributed by atoms with Crippen LogP contribution in [-0.2, 0) is 11.2 Å². The van der Waals surface area contributed by atoms with Crippen LogP contribution in [0.3, 0.4) is 0 Å². The molecule has 38 heavy (non-hydrogen) atoms. The molecule has 1 fully saturated rings. The van der Waals surface area contributed by atoms with Gasteiger partial charge in [0, 0.05) is 55.4 Å². The van der Waals surface area contributed by atoms with Gasteiger partial charge < -0.3 is 9.42 Å². The Labute approximate surface area is 220 Å². The molecular formula is C28H32F3N5O2. The largest absolute Gasteiger partial charge is 0.333 e. The van der Waals surface area contributed by atoms with Crippen LogP contribution in [0.15, 0.2) is 66.7 Å². The van der Waals surface area contributed by atoms with E-state index in [0.29, 0.717) is 43.8 Å². The molecule has 1 aliphatic rings. The summed E-state index contributed by atoms with van der Waals surface area (Å²) in [6.07, 6.45) is 5.48. The Morgan fingerprint density at radius 2 is 1.82 bits per heavy atom. The molecule has 0 bridgehead atoms. The molecule has 1 aliphatic carbocycles. The van der Waals surface area contributed by atoms with E-state index in [9.17, 15) is 18.0 Å². The van der Waals surface area contributed by atoms with E-state index < -0.39 is 18.1 Å². The molecule has 202 valence electrons. The van der Waals surface area contributed by atoms with E-state index in [1.54, 1.807) is 17.3 Å². The molecular weight excluding hydrogens is 495 g/mol. The van der Waals surface area contributed by atoms with Crippen molar-refractivity contribution in [2.24, 2.45) is 0 Å². The van der Waals surface area contributed by atoms with Crippen molar-refractivity contribution in [1.29, 1.82) is 0 Å². The van der Waals surface area contributed by atoms with E-state index in [0.717, 1.165) is 29.8 Å². The molecule has 1 aromatic carbocycles. The number of rotatable bonds is 13. The summed E-state index contributed by atoms with van der Waals surface area (Å²) in [5.41, 5.74) is 2.44. The van der Waals surface area contributed by atoms with Gasteiger partial charge in [-0.05, 0) is 43.4 Å². The van der Waals surface area contributed by atoms with E-state index in [4.69, 9.17) is 0 Å². The number of carbonyl (C=O) groups excluding carboxylic acids is 1. The van der Waals surface area contributed by atoms with Crippen LogP contribution in [0.2, 0.25) is 0 Å². The summed E-state index contributed by atoms with van der Waals surface area (Å²) in [6.45, 7) is 9.67. The smallest absolute Gasteiger partial charge is 0.315 e. The summed E-state index contributed by atoms with van der Waals surface area (Å²) in [5.74, 6) is 0.157. The number of amides is 1. The highest BCUT2D eigenvalue weighted by Crippen LogP contribution is 2.38. The Kier molecular flexibility index (Phi) is 10.7. The molecule has 0 aliphatic heterocycles. The zero-order valence-corrected chi connectivity index (χ0v) is 21.3. The zero-order valence-electron chi connectivity index (χ0n) is 21.3. The van der Waals surface area contributed by atoms with Gasteiger partial charge >= 0.3 is 6.43 Å². The lowest BCUT2D eigenvalue weighted by Gasteiger charge is -2.23. The minimum absolute atomic E-state index is 0.0119. The van der Waals surface area contributed by atoms with Gasteiger partial charge in [0.25, 0.3) is 5.89 Å². The van der Waals surface area contributed by atoms with Crippen LogP contribution in [0.4, 0.5) is 18.9 Å². The number of aromatic nitrogens is 4. The second-order valence-electron chi connectivity index (χ2n) is 8.88. The molecule has 2 aromatic heterocycles. The topological polar surface area (TPSA) is 85.0 Å². The van der Waals surface area contributed by atoms with Gasteiger partial charge in [0.1, 0.15) is 5.82 Å². The highest BCUT2D eigenvalue weighted by molar-refractivity contribution is 5.94. The third-order valence-corrected chi connectivity index (χ3v) is 5.97. The molecule has 0 saturated heterocycles. The fourth-order valence-corrected chi connectivity index (χ4v) is 3.86. The van der Waals surface area contributed by atoms with E-state index >= 15 is 0 Å². The monoisotopic (exact) mass is 527 g/mol. The molecule has 0 radical (unpaired) electrons. The molecule has 1 saturated carbocycles. The number of benzene rings is 1. The lowest BCUT2D eigenvalue weighted by Crippen LogP contribution is -2.31. The minimum atomic E-state index is -2.79. The number of halogens is 3. The normalized spacial score (nSPS) is 12.6. The lowest BCUT2D eigenvalue weighted by atomic mass is 10.1. The number of hydrogen-bond acceptors (Lipinski definition) is 6. The maximum Gasteiger partial charge on any atom is 0.315 e. The predicted octanol–water partition coefficient (Wildman–Crippen LogP) is 7.15. The van der Waals surface area contributed by atoms with Gasteiger partial charge in [-0.15, -0.1) is 13.2 Å². The van der Waals surface area contributed by atoms with Crippen molar-refractivity contribution in [3.8, 4) is 11.1 Å². The van der Waals surface area contributed by atoms with Crippen molar-refractivity contribution in [3.05, 3.63) is 79.8 Å². The molecule has 4 rings (SSSR count). The summed E-state index contributed by atoms with van der Waals surface area (Å²) in [7, 11) is 0. The average molecular weight is 528 g/mol. The van der Waals surface area contributed by atoms with Crippen molar-refractivity contribution < 1.29 is 22.5 Å². The van der Waals surface area contributed by atoms with Gasteiger partial charge in [-0.1, -0.05) is 30.3 Å². The molecule has 0 spiro atoms. The Hall–Kier alpha value is -3.82. The van der Waals surface area contributed by atoms with Crippen LogP contribution in [0.5, 0.6) is 0 Å². The fraction of sp³-hybridized carbons (Fsp3) is 0.393. The highest BCUT2D eigenvalue weighted by Gasteiger charge is 2.26. The third-order valence-electron chi connectivity index (χ3n) is 5.97. The van der Waals surface area contributed by atoms with E-state index in [-0.39, 0.29) is 24.6 Å². The summed E-state index contributed by atoms with van der Waals surface area (Å²) >= 11 is 0. The SMILES string of the molecule is C=C.C=C(F)CCC(=O)N(CCCCCc1noc(C(F)F)n1)c1cccc(-c2cnc(C3CC3)nc2)c1. The van der Waals surface area contributed by atoms with Crippen LogP contribution in [0.25, 0.3) is 11.1 Å². The first-order valence-electron chi connectivity index (χ1n) is 12.6. The van der Waals surface area contributed by atoms with Crippen LogP contribution in [-0.4, -0.2) is 32.6 Å². The van der Waals surface area contributed by atoms with Gasteiger partial charge in [0.05, 0.1) is 5.83 Å². The standard InChI is InChI=1S/C26H28F3N5O2.C2H4/c1-17(27)9-12-23(35)34(13-4-2-3-8-22-32-26(24(28)29)36-33-22)21-7-5-6-19(14-21)20-15-30-25(31-16-20)18-10-11-18;1-2/h5-7,14-16,18,24H,1-4,8-13H2;1-2H2. The average Bonchev–Trinajstić information content (AvgIpc) is 3.67. The van der Waals surface area contributed by atoms with Crippen LogP contribution in [0, 0.1) is 0 Å². The summed E-state index contributed by atoms with van der Waals surface area (Å²) < 4.78 is 42.9. The summed E-state index contributed by atoms with van der Waals surface area (Å²) in [4.78, 5) is 27.2. The molecule has 0 atom stereocenters. The molecule has 7 nitrogen and oxygen atoms in total. The molecule has 1 amide bonds. The first-order valence-corrected chi connectivity index (χ1v) is 12.6. The minimum Gasteiger partial charge on any atom is -0.333 e. The number of hydrogen-bond donors (Lipinski definition) is 0. The molecule has 2 heterocycles. The second kappa shape index (κ2) is 14.2. The van der Waals surface area contributed by atoms with Gasteiger partial charge in [-0.25, -0.2) is 14.4 Å². The number of aryl methyl sites for hydroxylation is 1.